The van der Waals surface area contributed by atoms with Crippen LogP contribution in [0, 0.1) is 18.8 Å². The molecule has 1 saturated heterocycles. The first-order valence-electron chi connectivity index (χ1n) is 11.1. The number of hydrogen-bond donors (Lipinski definition) is 1. The van der Waals surface area contributed by atoms with Crippen LogP contribution in [0.15, 0.2) is 53.4 Å². The average Bonchev–Trinajstić information content (AvgIpc) is 3.63. The van der Waals surface area contributed by atoms with E-state index in [1.54, 1.807) is 0 Å². The SMILES string of the molecule is Cc1ccc([C@H](NC(=O)C2CCN(S(=O)(=O)c3ccccc3C(F)(F)F)CC2)C2CC2)cc1. The third-order valence-electron chi connectivity index (χ3n) is 6.46. The average molecular weight is 481 g/mol. The second-order valence-corrected chi connectivity index (χ2v) is 10.8. The third kappa shape index (κ3) is 5.24. The van der Waals surface area contributed by atoms with E-state index in [4.69, 9.17) is 0 Å². The maximum absolute atomic E-state index is 13.3. The lowest BCUT2D eigenvalue weighted by molar-refractivity contribution is -0.139. The van der Waals surface area contributed by atoms with E-state index in [1.807, 2.05) is 31.2 Å². The number of piperidine rings is 1. The summed E-state index contributed by atoms with van der Waals surface area (Å²) in [6, 6.07) is 12.2. The zero-order valence-electron chi connectivity index (χ0n) is 18.3. The van der Waals surface area contributed by atoms with E-state index in [0.29, 0.717) is 5.92 Å². The van der Waals surface area contributed by atoms with E-state index >= 15 is 0 Å². The minimum atomic E-state index is -4.77. The first kappa shape index (κ1) is 23.8. The van der Waals surface area contributed by atoms with Crippen LogP contribution in [0.3, 0.4) is 0 Å². The predicted molar refractivity (Wildman–Crippen MR) is 118 cm³/mol. The van der Waals surface area contributed by atoms with Gasteiger partial charge in [0.05, 0.1) is 16.5 Å². The molecule has 9 heteroatoms. The Kier molecular flexibility index (Phi) is 6.55. The molecule has 1 aliphatic heterocycles. The lowest BCUT2D eigenvalue weighted by Gasteiger charge is -2.32. The lowest BCUT2D eigenvalue weighted by Crippen LogP contribution is -2.44. The number of aryl methyl sites for hydroxylation is 1. The van der Waals surface area contributed by atoms with Crippen molar-refractivity contribution in [3.8, 4) is 0 Å². The first-order valence-corrected chi connectivity index (χ1v) is 12.5. The molecular weight excluding hydrogens is 453 g/mol. The Morgan fingerprint density at radius 3 is 2.18 bits per heavy atom. The van der Waals surface area contributed by atoms with Crippen LogP contribution in [-0.4, -0.2) is 31.7 Å². The quantitative estimate of drug-likeness (QED) is 0.653. The second kappa shape index (κ2) is 9.10. The van der Waals surface area contributed by atoms with Gasteiger partial charge in [0.1, 0.15) is 0 Å². The molecular formula is C24H27F3N2O3S. The van der Waals surface area contributed by atoms with Crippen LogP contribution in [0.25, 0.3) is 0 Å². The Hall–Kier alpha value is -2.39. The van der Waals surface area contributed by atoms with E-state index in [2.05, 4.69) is 5.32 Å². The summed E-state index contributed by atoms with van der Waals surface area (Å²) >= 11 is 0. The summed E-state index contributed by atoms with van der Waals surface area (Å²) in [5, 5.41) is 3.14. The number of nitrogens with zero attached hydrogens (tertiary/aromatic N) is 1. The number of carbonyl (C=O) groups excluding carboxylic acids is 1. The molecule has 1 heterocycles. The van der Waals surface area contributed by atoms with Crippen molar-refractivity contribution in [2.45, 2.75) is 49.7 Å². The standard InChI is InChI=1S/C24H27F3N2O3S/c1-16-6-8-17(9-7-16)22(18-10-11-18)28-23(30)19-12-14-29(15-13-19)33(31,32)21-5-3-2-4-20(21)24(25,26)27/h2-9,18-19,22H,10-15H2,1H3,(H,28,30)/t22-/m0/s1. The molecule has 1 amide bonds. The molecule has 0 bridgehead atoms. The van der Waals surface area contributed by atoms with Crippen molar-refractivity contribution < 1.29 is 26.4 Å². The molecule has 0 unspecified atom stereocenters. The highest BCUT2D eigenvalue weighted by Crippen LogP contribution is 2.41. The summed E-state index contributed by atoms with van der Waals surface area (Å²) < 4.78 is 66.9. The molecule has 1 saturated carbocycles. The van der Waals surface area contributed by atoms with Gasteiger partial charge in [0, 0.05) is 19.0 Å². The van der Waals surface area contributed by atoms with Crippen LogP contribution in [0.5, 0.6) is 0 Å². The number of amides is 1. The van der Waals surface area contributed by atoms with Gasteiger partial charge in [-0.05, 0) is 56.2 Å². The van der Waals surface area contributed by atoms with Gasteiger partial charge in [-0.2, -0.15) is 17.5 Å². The van der Waals surface area contributed by atoms with Crippen molar-refractivity contribution in [1.29, 1.82) is 0 Å². The minimum Gasteiger partial charge on any atom is -0.349 e. The minimum absolute atomic E-state index is 0.00520. The van der Waals surface area contributed by atoms with Gasteiger partial charge in [-0.3, -0.25) is 4.79 Å². The molecule has 2 aromatic rings. The molecule has 178 valence electrons. The van der Waals surface area contributed by atoms with Gasteiger partial charge in [-0.15, -0.1) is 0 Å². The zero-order valence-corrected chi connectivity index (χ0v) is 19.1. The molecule has 0 aromatic heterocycles. The van der Waals surface area contributed by atoms with E-state index in [9.17, 15) is 26.4 Å². The third-order valence-corrected chi connectivity index (χ3v) is 8.42. The molecule has 5 nitrogen and oxygen atoms in total. The number of carbonyl (C=O) groups is 1. The highest BCUT2D eigenvalue weighted by Gasteiger charge is 2.41. The Labute approximate surface area is 192 Å². The van der Waals surface area contributed by atoms with Gasteiger partial charge >= 0.3 is 6.18 Å². The number of halogens is 3. The van der Waals surface area contributed by atoms with Crippen LogP contribution in [0.2, 0.25) is 0 Å². The summed E-state index contributed by atoms with van der Waals surface area (Å²) in [4.78, 5) is 12.2. The summed E-state index contributed by atoms with van der Waals surface area (Å²) in [6.45, 7) is 2.01. The molecule has 2 aliphatic rings. The van der Waals surface area contributed by atoms with Crippen LogP contribution in [0.4, 0.5) is 13.2 Å². The van der Waals surface area contributed by atoms with Crippen molar-refractivity contribution in [3.63, 3.8) is 0 Å². The normalized spacial score (nSPS) is 19.3. The molecule has 1 aliphatic carbocycles. The largest absolute Gasteiger partial charge is 0.417 e. The summed E-state index contributed by atoms with van der Waals surface area (Å²) in [5.41, 5.74) is 1.02. The number of benzene rings is 2. The number of hydrogen-bond acceptors (Lipinski definition) is 3. The molecule has 4 rings (SSSR count). The van der Waals surface area contributed by atoms with Crippen molar-refractivity contribution in [2.75, 3.05) is 13.1 Å². The Balaban J connectivity index is 1.42. The molecule has 0 radical (unpaired) electrons. The first-order chi connectivity index (χ1) is 15.6. The fourth-order valence-electron chi connectivity index (χ4n) is 4.37. The molecule has 0 spiro atoms. The van der Waals surface area contributed by atoms with Crippen molar-refractivity contribution in [3.05, 3.63) is 65.2 Å². The molecule has 1 atom stereocenters. The Morgan fingerprint density at radius 1 is 1.00 bits per heavy atom. The van der Waals surface area contributed by atoms with Crippen LogP contribution in [-0.2, 0) is 21.0 Å². The maximum Gasteiger partial charge on any atom is 0.417 e. The number of alkyl halides is 3. The number of nitrogens with one attached hydrogen (secondary N) is 1. The van der Waals surface area contributed by atoms with Gasteiger partial charge in [-0.1, -0.05) is 42.0 Å². The fourth-order valence-corrected chi connectivity index (χ4v) is 6.05. The van der Waals surface area contributed by atoms with Crippen LogP contribution >= 0.6 is 0 Å². The highest BCUT2D eigenvalue weighted by atomic mass is 32.2. The summed E-state index contributed by atoms with van der Waals surface area (Å²) in [5.74, 6) is -0.0998. The van der Waals surface area contributed by atoms with E-state index in [-0.39, 0.29) is 43.8 Å². The topological polar surface area (TPSA) is 66.5 Å². The van der Waals surface area contributed by atoms with Crippen LogP contribution < -0.4 is 5.32 Å². The zero-order chi connectivity index (χ0) is 23.8. The molecule has 33 heavy (non-hydrogen) atoms. The monoisotopic (exact) mass is 480 g/mol. The predicted octanol–water partition coefficient (Wildman–Crippen LogP) is 4.68. The van der Waals surface area contributed by atoms with Gasteiger partial charge < -0.3 is 5.32 Å². The van der Waals surface area contributed by atoms with E-state index in [0.717, 1.165) is 40.4 Å². The maximum atomic E-state index is 13.3. The van der Waals surface area contributed by atoms with Gasteiger partial charge in [0.2, 0.25) is 15.9 Å². The van der Waals surface area contributed by atoms with E-state index < -0.39 is 26.7 Å². The van der Waals surface area contributed by atoms with Crippen LogP contribution in [0.1, 0.15) is 48.4 Å². The molecule has 1 N–H and O–H groups in total. The number of sulfonamides is 1. The summed E-state index contributed by atoms with van der Waals surface area (Å²) in [7, 11) is -4.32. The number of rotatable bonds is 6. The Bertz CT molecular complexity index is 1100. The van der Waals surface area contributed by atoms with Gasteiger partial charge in [0.25, 0.3) is 0 Å². The van der Waals surface area contributed by atoms with E-state index in [1.165, 1.54) is 12.1 Å². The summed E-state index contributed by atoms with van der Waals surface area (Å²) in [6.07, 6.45) is -2.13. The van der Waals surface area contributed by atoms with Gasteiger partial charge in [-0.25, -0.2) is 8.42 Å². The van der Waals surface area contributed by atoms with Crippen molar-refractivity contribution in [2.24, 2.45) is 11.8 Å². The fraction of sp³-hybridized carbons (Fsp3) is 0.458. The van der Waals surface area contributed by atoms with Crippen molar-refractivity contribution >= 4 is 15.9 Å². The highest BCUT2D eigenvalue weighted by molar-refractivity contribution is 7.89. The van der Waals surface area contributed by atoms with Crippen molar-refractivity contribution in [1.82, 2.24) is 9.62 Å². The smallest absolute Gasteiger partial charge is 0.349 e. The molecule has 2 fully saturated rings. The second-order valence-electron chi connectivity index (χ2n) is 8.91. The lowest BCUT2D eigenvalue weighted by atomic mass is 9.95. The Morgan fingerprint density at radius 2 is 1.61 bits per heavy atom. The molecule has 2 aromatic carbocycles. The van der Waals surface area contributed by atoms with Gasteiger partial charge in [0.15, 0.2) is 0 Å².